The zero-order valence-corrected chi connectivity index (χ0v) is 22.7. The van der Waals surface area contributed by atoms with Gasteiger partial charge in [-0.05, 0) is 55.9 Å². The summed E-state index contributed by atoms with van der Waals surface area (Å²) >= 11 is 0. The molecule has 0 unspecified atom stereocenters. The maximum Gasteiger partial charge on any atom is 0.411 e. The van der Waals surface area contributed by atoms with Gasteiger partial charge in [0, 0.05) is 25.4 Å². The Hall–Kier alpha value is -3.59. The first-order valence-electron chi connectivity index (χ1n) is 13.6. The Balaban J connectivity index is 1.12. The summed E-state index contributed by atoms with van der Waals surface area (Å²) in [6, 6.07) is 15.5. The predicted octanol–water partition coefficient (Wildman–Crippen LogP) is 4.88. The highest BCUT2D eigenvalue weighted by Crippen LogP contribution is 2.44. The van der Waals surface area contributed by atoms with Gasteiger partial charge in [0.25, 0.3) is 0 Å². The summed E-state index contributed by atoms with van der Waals surface area (Å²) in [5.41, 5.74) is 4.01. The standard InChI is InChI=1S/C30H36N2O7/c1-30(2,3)39-29(36)32-17-20(16-26(32)27(33)34)38-19-12-14-31(15-13-19)28(35)37-18-25-23-10-6-4-8-21(23)22-9-5-7-11-24(22)25/h4-11,19-20,25-26H,12-18H2,1-3H3,(H,33,34)/t20-,26-/m0/s1. The summed E-state index contributed by atoms with van der Waals surface area (Å²) in [4.78, 5) is 40.2. The van der Waals surface area contributed by atoms with Gasteiger partial charge in [0.15, 0.2) is 0 Å². The van der Waals surface area contributed by atoms with Crippen molar-refractivity contribution in [2.24, 2.45) is 0 Å². The number of carbonyl (C=O) groups excluding carboxylic acids is 2. The minimum atomic E-state index is -1.07. The van der Waals surface area contributed by atoms with Crippen molar-refractivity contribution in [2.75, 3.05) is 26.2 Å². The zero-order chi connectivity index (χ0) is 27.7. The van der Waals surface area contributed by atoms with Crippen molar-refractivity contribution in [3.63, 3.8) is 0 Å². The van der Waals surface area contributed by atoms with Crippen molar-refractivity contribution in [3.05, 3.63) is 59.7 Å². The smallest absolute Gasteiger partial charge is 0.411 e. The second-order valence-corrected chi connectivity index (χ2v) is 11.5. The lowest BCUT2D eigenvalue weighted by Crippen LogP contribution is -2.44. The Morgan fingerprint density at radius 3 is 2.05 bits per heavy atom. The van der Waals surface area contributed by atoms with E-state index >= 15 is 0 Å². The molecule has 208 valence electrons. The highest BCUT2D eigenvalue weighted by Gasteiger charge is 2.43. The van der Waals surface area contributed by atoms with Crippen LogP contribution in [0.4, 0.5) is 9.59 Å². The van der Waals surface area contributed by atoms with Gasteiger partial charge in [-0.25, -0.2) is 14.4 Å². The van der Waals surface area contributed by atoms with Crippen LogP contribution in [0.2, 0.25) is 0 Å². The van der Waals surface area contributed by atoms with Crippen LogP contribution in [0.25, 0.3) is 11.1 Å². The lowest BCUT2D eigenvalue weighted by atomic mass is 9.98. The number of hydrogen-bond donors (Lipinski definition) is 1. The molecular weight excluding hydrogens is 500 g/mol. The van der Waals surface area contributed by atoms with Gasteiger partial charge in [-0.3, -0.25) is 4.90 Å². The number of amides is 2. The largest absolute Gasteiger partial charge is 0.480 e. The third-order valence-corrected chi connectivity index (χ3v) is 7.60. The average molecular weight is 537 g/mol. The third-order valence-electron chi connectivity index (χ3n) is 7.60. The molecule has 2 aromatic carbocycles. The van der Waals surface area contributed by atoms with Crippen LogP contribution in [-0.4, -0.2) is 83.2 Å². The average Bonchev–Trinajstić information content (AvgIpc) is 3.46. The van der Waals surface area contributed by atoms with Crippen LogP contribution in [0, 0.1) is 0 Å². The lowest BCUT2D eigenvalue weighted by molar-refractivity contribution is -0.142. The number of benzene rings is 2. The third kappa shape index (κ3) is 5.88. The van der Waals surface area contributed by atoms with Crippen LogP contribution in [-0.2, 0) is 19.0 Å². The molecule has 2 fully saturated rings. The first kappa shape index (κ1) is 27.0. The van der Waals surface area contributed by atoms with Crippen LogP contribution in [0.1, 0.15) is 57.1 Å². The highest BCUT2D eigenvalue weighted by atomic mass is 16.6. The minimum Gasteiger partial charge on any atom is -0.480 e. The fraction of sp³-hybridized carbons (Fsp3) is 0.500. The molecule has 2 heterocycles. The SMILES string of the molecule is CC(C)(C)OC(=O)N1C[C@@H](OC2CCN(C(=O)OCC3c4ccccc4-c4ccccc43)CC2)C[C@H]1C(=O)O. The molecule has 2 atom stereocenters. The van der Waals surface area contributed by atoms with Crippen LogP contribution in [0.3, 0.4) is 0 Å². The Morgan fingerprint density at radius 1 is 0.897 bits per heavy atom. The van der Waals surface area contributed by atoms with Crippen LogP contribution < -0.4 is 0 Å². The lowest BCUT2D eigenvalue weighted by Gasteiger charge is -2.33. The fourth-order valence-corrected chi connectivity index (χ4v) is 5.78. The molecule has 0 radical (unpaired) electrons. The molecule has 2 aliphatic heterocycles. The molecular formula is C30H36N2O7. The van der Waals surface area contributed by atoms with E-state index in [1.54, 1.807) is 25.7 Å². The molecule has 1 N–H and O–H groups in total. The summed E-state index contributed by atoms with van der Waals surface area (Å²) in [6.07, 6.45) is -0.0636. The van der Waals surface area contributed by atoms with Crippen LogP contribution >= 0.6 is 0 Å². The first-order chi connectivity index (χ1) is 18.6. The van der Waals surface area contributed by atoms with E-state index in [1.165, 1.54) is 27.2 Å². The molecule has 2 amide bonds. The van der Waals surface area contributed by atoms with Crippen molar-refractivity contribution in [2.45, 2.75) is 69.8 Å². The molecule has 0 spiro atoms. The number of carboxylic acid groups (broad SMARTS) is 1. The fourth-order valence-electron chi connectivity index (χ4n) is 5.78. The maximum atomic E-state index is 12.9. The molecule has 0 aromatic heterocycles. The van der Waals surface area contributed by atoms with Crippen molar-refractivity contribution < 1.29 is 33.7 Å². The van der Waals surface area contributed by atoms with Crippen LogP contribution in [0.5, 0.6) is 0 Å². The van der Waals surface area contributed by atoms with Crippen molar-refractivity contribution in [1.82, 2.24) is 9.80 Å². The van der Waals surface area contributed by atoms with E-state index in [2.05, 4.69) is 24.3 Å². The van der Waals surface area contributed by atoms with Gasteiger partial charge in [0.05, 0.1) is 18.8 Å². The summed E-state index contributed by atoms with van der Waals surface area (Å²) in [6.45, 7) is 6.67. The number of ether oxygens (including phenoxy) is 3. The highest BCUT2D eigenvalue weighted by molar-refractivity contribution is 5.81. The topological polar surface area (TPSA) is 106 Å². The van der Waals surface area contributed by atoms with Gasteiger partial charge >= 0.3 is 18.2 Å². The molecule has 2 aromatic rings. The number of piperidine rings is 1. The number of carboxylic acids is 1. The number of fused-ring (bicyclic) bond motifs is 3. The molecule has 9 heteroatoms. The summed E-state index contributed by atoms with van der Waals surface area (Å²) in [5, 5.41) is 9.62. The van der Waals surface area contributed by atoms with E-state index in [0.29, 0.717) is 25.9 Å². The van der Waals surface area contributed by atoms with Crippen LogP contribution in [0.15, 0.2) is 48.5 Å². The number of aliphatic carboxylic acids is 1. The van der Waals surface area contributed by atoms with E-state index in [9.17, 15) is 19.5 Å². The summed E-state index contributed by atoms with van der Waals surface area (Å²) in [5.74, 6) is -1.06. The van der Waals surface area contributed by atoms with Gasteiger partial charge in [0.1, 0.15) is 18.2 Å². The summed E-state index contributed by atoms with van der Waals surface area (Å²) < 4.78 is 17.4. The summed E-state index contributed by atoms with van der Waals surface area (Å²) in [7, 11) is 0. The Morgan fingerprint density at radius 2 is 1.49 bits per heavy atom. The Labute approximate surface area is 228 Å². The number of nitrogens with zero attached hydrogens (tertiary/aromatic N) is 2. The van der Waals surface area contributed by atoms with Crippen molar-refractivity contribution >= 4 is 18.2 Å². The first-order valence-corrected chi connectivity index (χ1v) is 13.6. The number of rotatable bonds is 5. The quantitative estimate of drug-likeness (QED) is 0.581. The molecule has 0 saturated carbocycles. The predicted molar refractivity (Wildman–Crippen MR) is 144 cm³/mol. The van der Waals surface area contributed by atoms with E-state index in [4.69, 9.17) is 14.2 Å². The monoisotopic (exact) mass is 536 g/mol. The second kappa shape index (κ2) is 10.9. The number of carbonyl (C=O) groups is 3. The molecule has 0 bridgehead atoms. The van der Waals surface area contributed by atoms with E-state index in [0.717, 1.165) is 0 Å². The molecule has 9 nitrogen and oxygen atoms in total. The number of hydrogen-bond acceptors (Lipinski definition) is 6. The maximum absolute atomic E-state index is 12.9. The Bertz CT molecular complexity index is 1190. The molecule has 39 heavy (non-hydrogen) atoms. The normalized spacial score (nSPS) is 21.4. The zero-order valence-electron chi connectivity index (χ0n) is 22.7. The molecule has 5 rings (SSSR count). The molecule has 3 aliphatic rings. The van der Waals surface area contributed by atoms with Crippen molar-refractivity contribution in [1.29, 1.82) is 0 Å². The minimum absolute atomic E-state index is 0.0136. The molecule has 2 saturated heterocycles. The second-order valence-electron chi connectivity index (χ2n) is 11.5. The van der Waals surface area contributed by atoms with Gasteiger partial charge in [0.2, 0.25) is 0 Å². The van der Waals surface area contributed by atoms with E-state index < -0.39 is 29.8 Å². The van der Waals surface area contributed by atoms with Gasteiger partial charge < -0.3 is 24.2 Å². The van der Waals surface area contributed by atoms with Gasteiger partial charge in [-0.2, -0.15) is 0 Å². The Kier molecular flexibility index (Phi) is 7.53. The van der Waals surface area contributed by atoms with E-state index in [-0.39, 0.29) is 37.7 Å². The number of likely N-dealkylation sites (tertiary alicyclic amines) is 2. The van der Waals surface area contributed by atoms with Crippen molar-refractivity contribution in [3.8, 4) is 11.1 Å². The van der Waals surface area contributed by atoms with Gasteiger partial charge in [-0.15, -0.1) is 0 Å². The van der Waals surface area contributed by atoms with Gasteiger partial charge in [-0.1, -0.05) is 48.5 Å². The molecule has 1 aliphatic carbocycles. The van der Waals surface area contributed by atoms with E-state index in [1.807, 2.05) is 24.3 Å².